The molecule has 3 aromatic carbocycles. The summed E-state index contributed by atoms with van der Waals surface area (Å²) in [6.07, 6.45) is 3.90. The van der Waals surface area contributed by atoms with Crippen LogP contribution in [0.25, 0.3) is 51.8 Å². The zero-order chi connectivity index (χ0) is 30.9. The molecule has 0 unspecified atom stereocenters. The molecule has 0 saturated carbocycles. The Morgan fingerprint density at radius 1 is 0.533 bits per heavy atom. The van der Waals surface area contributed by atoms with Crippen molar-refractivity contribution in [3.63, 3.8) is 0 Å². The molecule has 4 heterocycles. The van der Waals surface area contributed by atoms with Gasteiger partial charge in [-0.15, -0.1) is 45.3 Å². The summed E-state index contributed by atoms with van der Waals surface area (Å²) in [7, 11) is 0. The van der Waals surface area contributed by atoms with Gasteiger partial charge >= 0.3 is 0 Å². The van der Waals surface area contributed by atoms with Crippen LogP contribution in [0.1, 0.15) is 23.6 Å². The van der Waals surface area contributed by atoms with Crippen molar-refractivity contribution in [3.8, 4) is 33.0 Å². The number of allylic oxidation sites excluding steroid dienone is 2. The Morgan fingerprint density at radius 3 is 1.33 bits per heavy atom. The normalized spacial score (nSPS) is 12.0. The van der Waals surface area contributed by atoms with Crippen LogP contribution in [0.3, 0.4) is 0 Å². The first-order valence-corrected chi connectivity index (χ1v) is 17.5. The maximum Gasteiger partial charge on any atom is 0.0944 e. The van der Waals surface area contributed by atoms with E-state index in [4.69, 9.17) is 10.5 Å². The van der Waals surface area contributed by atoms with Gasteiger partial charge in [-0.3, -0.25) is 0 Å². The zero-order valence-electron chi connectivity index (χ0n) is 24.4. The predicted octanol–water partition coefficient (Wildman–Crippen LogP) is 12.9. The maximum absolute atomic E-state index is 9.11. The minimum absolute atomic E-state index is 0.721. The lowest BCUT2D eigenvalue weighted by Gasteiger charge is -2.25. The highest BCUT2D eigenvalue weighted by atomic mass is 32.1. The van der Waals surface area contributed by atoms with Crippen LogP contribution in [0, 0.1) is 22.7 Å². The lowest BCUT2D eigenvalue weighted by molar-refractivity contribution is 1.28. The molecule has 0 aliphatic rings. The van der Waals surface area contributed by atoms with Crippen molar-refractivity contribution >= 4 is 93.4 Å². The van der Waals surface area contributed by atoms with Gasteiger partial charge in [-0.2, -0.15) is 10.5 Å². The van der Waals surface area contributed by atoms with Crippen LogP contribution in [-0.2, 0) is 0 Å². The quantitative estimate of drug-likeness (QED) is 0.161. The molecule has 0 atom stereocenters. The Labute approximate surface area is 278 Å². The number of benzene rings is 3. The summed E-state index contributed by atoms with van der Waals surface area (Å²) in [5, 5.41) is 18.2. The monoisotopic (exact) mass is 651 g/mol. The van der Waals surface area contributed by atoms with Crippen LogP contribution in [0.15, 0.2) is 114 Å². The van der Waals surface area contributed by atoms with Crippen LogP contribution >= 0.6 is 45.3 Å². The van der Waals surface area contributed by atoms with Crippen LogP contribution in [-0.4, -0.2) is 0 Å². The second-order valence-corrected chi connectivity index (χ2v) is 15.0. The molecule has 7 heteroatoms. The number of thiophene rings is 4. The van der Waals surface area contributed by atoms with E-state index in [0.29, 0.717) is 0 Å². The molecule has 3 nitrogen and oxygen atoms in total. The molecule has 45 heavy (non-hydrogen) atoms. The van der Waals surface area contributed by atoms with Crippen LogP contribution in [0.5, 0.6) is 0 Å². The first-order chi connectivity index (χ1) is 22.0. The molecule has 0 aliphatic heterocycles. The highest BCUT2D eigenvalue weighted by molar-refractivity contribution is 7.30. The van der Waals surface area contributed by atoms with E-state index in [9.17, 15) is 0 Å². The van der Waals surface area contributed by atoms with Gasteiger partial charge in [-0.1, -0.05) is 42.5 Å². The van der Waals surface area contributed by atoms with Gasteiger partial charge in [0, 0.05) is 66.5 Å². The molecule has 0 N–H and O–H groups in total. The Balaban J connectivity index is 1.16. The minimum Gasteiger partial charge on any atom is -0.311 e. The highest BCUT2D eigenvalue weighted by Crippen LogP contribution is 2.42. The van der Waals surface area contributed by atoms with Gasteiger partial charge in [0.2, 0.25) is 0 Å². The first kappa shape index (κ1) is 29.0. The molecular formula is C38H25N3S4. The fourth-order valence-corrected chi connectivity index (χ4v) is 10.0. The van der Waals surface area contributed by atoms with Gasteiger partial charge < -0.3 is 4.90 Å². The third-order valence-electron chi connectivity index (χ3n) is 7.36. The second kappa shape index (κ2) is 12.3. The molecule has 0 bridgehead atoms. The number of nitriles is 2. The van der Waals surface area contributed by atoms with Gasteiger partial charge in [0.15, 0.2) is 0 Å². The molecular weight excluding hydrogens is 627 g/mol. The number of nitrogens with zero attached hydrogens (tertiary/aromatic N) is 3. The molecule has 7 aromatic rings. The van der Waals surface area contributed by atoms with E-state index >= 15 is 0 Å². The Kier molecular flexibility index (Phi) is 7.94. The number of hydrogen-bond donors (Lipinski definition) is 0. The van der Waals surface area contributed by atoms with Crippen molar-refractivity contribution in [2.45, 2.75) is 13.8 Å². The number of fused-ring (bicyclic) bond motifs is 2. The number of hydrogen-bond acceptors (Lipinski definition) is 7. The Bertz CT molecular complexity index is 2090. The first-order valence-electron chi connectivity index (χ1n) is 14.3. The maximum atomic E-state index is 9.11. The van der Waals surface area contributed by atoms with Gasteiger partial charge in [0.05, 0.1) is 12.1 Å². The lowest BCUT2D eigenvalue weighted by Crippen LogP contribution is -2.09. The van der Waals surface area contributed by atoms with E-state index in [1.807, 2.05) is 32.1 Å². The van der Waals surface area contributed by atoms with Crippen molar-refractivity contribution in [1.82, 2.24) is 0 Å². The molecule has 0 saturated heterocycles. The summed E-state index contributed by atoms with van der Waals surface area (Å²) in [4.78, 5) is 7.01. The Hall–Kier alpha value is -4.76. The summed E-state index contributed by atoms with van der Waals surface area (Å²) >= 11 is 7.03. The molecule has 0 fully saturated rings. The average molecular weight is 652 g/mol. The standard InChI is InChI=1S/C38H25N3S4/c1-24(22-39)16-31-18-35-37(42-31)20-33(44-35)26-8-12-29(13-9-26)41(28-6-4-3-5-7-28)30-14-10-27(11-15-30)34-21-38-36(45-34)19-32(43-38)17-25(2)23-40/h3-21H,1-2H3/b24-16-,25-17-. The molecule has 7 rings (SSSR count). The SMILES string of the molecule is C/C(C#N)=C/c1cc2sc(-c3ccc(N(c4ccccc4)c4ccc(-c5cc6sc(/C=C(/C)C#N)cc6s5)cc4)cc3)cc2s1. The smallest absolute Gasteiger partial charge is 0.0944 e. The number of para-hydroxylation sites is 1. The molecule has 0 amide bonds. The topological polar surface area (TPSA) is 50.8 Å². The van der Waals surface area contributed by atoms with E-state index in [1.165, 1.54) is 39.7 Å². The minimum atomic E-state index is 0.721. The summed E-state index contributed by atoms with van der Waals surface area (Å²) in [5.74, 6) is 0. The molecule has 0 radical (unpaired) electrons. The molecule has 0 spiro atoms. The van der Waals surface area contributed by atoms with Crippen molar-refractivity contribution in [1.29, 1.82) is 10.5 Å². The van der Waals surface area contributed by atoms with Crippen LogP contribution < -0.4 is 4.90 Å². The molecule has 216 valence electrons. The third-order valence-corrected chi connectivity index (χ3v) is 11.9. The average Bonchev–Trinajstić information content (AvgIpc) is 3.83. The van der Waals surface area contributed by atoms with E-state index < -0.39 is 0 Å². The third kappa shape index (κ3) is 6.00. The summed E-state index contributed by atoms with van der Waals surface area (Å²) in [6.45, 7) is 3.68. The molecule has 0 aliphatic carbocycles. The fourth-order valence-electron chi connectivity index (χ4n) is 5.20. The van der Waals surface area contributed by atoms with Crippen molar-refractivity contribution in [2.75, 3.05) is 4.90 Å². The van der Waals surface area contributed by atoms with Gasteiger partial charge in [-0.05, 0) is 97.8 Å². The largest absolute Gasteiger partial charge is 0.311 e. The fraction of sp³-hybridized carbons (Fsp3) is 0.0526. The van der Waals surface area contributed by atoms with Crippen molar-refractivity contribution in [2.24, 2.45) is 0 Å². The summed E-state index contributed by atoms with van der Waals surface area (Å²) in [5.41, 5.74) is 7.13. The Morgan fingerprint density at radius 2 is 0.933 bits per heavy atom. The van der Waals surface area contributed by atoms with E-state index in [2.05, 4.69) is 114 Å². The van der Waals surface area contributed by atoms with E-state index in [0.717, 1.165) is 38.0 Å². The summed E-state index contributed by atoms with van der Waals surface area (Å²) < 4.78 is 5.00. The van der Waals surface area contributed by atoms with Crippen LogP contribution in [0.4, 0.5) is 17.1 Å². The highest BCUT2D eigenvalue weighted by Gasteiger charge is 2.15. The number of rotatable bonds is 7. The summed E-state index contributed by atoms with van der Waals surface area (Å²) in [6, 6.07) is 41.4. The molecule has 4 aromatic heterocycles. The van der Waals surface area contributed by atoms with Crippen molar-refractivity contribution < 1.29 is 0 Å². The van der Waals surface area contributed by atoms with Gasteiger partial charge in [0.1, 0.15) is 0 Å². The number of anilines is 3. The van der Waals surface area contributed by atoms with Gasteiger partial charge in [0.25, 0.3) is 0 Å². The lowest BCUT2D eigenvalue weighted by atomic mass is 10.1. The second-order valence-electron chi connectivity index (χ2n) is 10.6. The van der Waals surface area contributed by atoms with Gasteiger partial charge in [-0.25, -0.2) is 0 Å². The van der Waals surface area contributed by atoms with Crippen LogP contribution in [0.2, 0.25) is 0 Å². The van der Waals surface area contributed by atoms with E-state index in [1.54, 1.807) is 45.3 Å². The van der Waals surface area contributed by atoms with Crippen molar-refractivity contribution in [3.05, 3.63) is 124 Å². The predicted molar refractivity (Wildman–Crippen MR) is 197 cm³/mol. The zero-order valence-corrected chi connectivity index (χ0v) is 27.7. The van der Waals surface area contributed by atoms with E-state index in [-0.39, 0.29) is 0 Å².